The molecule has 0 radical (unpaired) electrons. The van der Waals surface area contributed by atoms with Gasteiger partial charge in [0.05, 0.1) is 12.5 Å². The molecule has 1 aromatic heterocycles. The van der Waals surface area contributed by atoms with Crippen molar-refractivity contribution in [3.8, 4) is 16.9 Å². The fourth-order valence-corrected chi connectivity index (χ4v) is 4.81. The Bertz CT molecular complexity index is 1040. The number of amides is 1. The molecule has 0 spiro atoms. The summed E-state index contributed by atoms with van der Waals surface area (Å²) in [5, 5.41) is 3.13. The van der Waals surface area contributed by atoms with Crippen LogP contribution in [0.5, 0.6) is 5.75 Å². The largest absolute Gasteiger partial charge is 0.497 e. The number of hydrogen-bond acceptors (Lipinski definition) is 4. The summed E-state index contributed by atoms with van der Waals surface area (Å²) < 4.78 is 5.27. The first-order chi connectivity index (χ1) is 16.1. The van der Waals surface area contributed by atoms with Gasteiger partial charge in [0.2, 0.25) is 5.91 Å². The van der Waals surface area contributed by atoms with E-state index in [1.54, 1.807) is 7.11 Å². The predicted molar refractivity (Wildman–Crippen MR) is 132 cm³/mol. The number of carbonyl (C=O) groups excluding carboxylic acids is 1. The average Bonchev–Trinajstić information content (AvgIpc) is 2.87. The molecule has 1 saturated heterocycles. The molecule has 1 aliphatic heterocycles. The van der Waals surface area contributed by atoms with E-state index >= 15 is 0 Å². The van der Waals surface area contributed by atoms with Gasteiger partial charge in [-0.2, -0.15) is 0 Å². The van der Waals surface area contributed by atoms with Crippen LogP contribution >= 0.6 is 0 Å². The number of nitrogens with zero attached hydrogens (tertiary/aromatic N) is 2. The first-order valence-corrected chi connectivity index (χ1v) is 11.8. The molecule has 3 aromatic rings. The number of nitrogens with one attached hydrogen (secondary N) is 1. The molecule has 172 valence electrons. The first-order valence-electron chi connectivity index (χ1n) is 11.8. The van der Waals surface area contributed by atoms with Crippen molar-refractivity contribution in [1.29, 1.82) is 0 Å². The molecule has 1 amide bonds. The van der Waals surface area contributed by atoms with Crippen molar-refractivity contribution < 1.29 is 9.53 Å². The zero-order valence-electron chi connectivity index (χ0n) is 19.6. The van der Waals surface area contributed by atoms with Crippen LogP contribution in [0.3, 0.4) is 0 Å². The van der Waals surface area contributed by atoms with Gasteiger partial charge in [-0.3, -0.25) is 14.7 Å². The highest BCUT2D eigenvalue weighted by Crippen LogP contribution is 2.38. The van der Waals surface area contributed by atoms with Gasteiger partial charge in [0.1, 0.15) is 5.75 Å². The van der Waals surface area contributed by atoms with Crippen molar-refractivity contribution in [1.82, 2.24) is 15.2 Å². The summed E-state index contributed by atoms with van der Waals surface area (Å²) in [4.78, 5) is 20.0. The Morgan fingerprint density at radius 3 is 2.39 bits per heavy atom. The minimum Gasteiger partial charge on any atom is -0.497 e. The number of carbonyl (C=O) groups is 1. The average molecular weight is 444 g/mol. The molecule has 1 fully saturated rings. The Balaban J connectivity index is 1.52. The van der Waals surface area contributed by atoms with Crippen LogP contribution in [0.15, 0.2) is 73.1 Å². The maximum absolute atomic E-state index is 13.4. The molecule has 0 aliphatic carbocycles. The maximum atomic E-state index is 13.4. The summed E-state index contributed by atoms with van der Waals surface area (Å²) in [7, 11) is 1.69. The highest BCUT2D eigenvalue weighted by molar-refractivity contribution is 5.83. The van der Waals surface area contributed by atoms with Crippen LogP contribution < -0.4 is 10.1 Å². The molecule has 33 heavy (non-hydrogen) atoms. The topological polar surface area (TPSA) is 54.5 Å². The Kier molecular flexibility index (Phi) is 7.40. The van der Waals surface area contributed by atoms with Gasteiger partial charge in [-0.1, -0.05) is 36.4 Å². The van der Waals surface area contributed by atoms with Gasteiger partial charge in [-0.25, -0.2) is 0 Å². The predicted octanol–water partition coefficient (Wildman–Crippen LogP) is 4.72. The summed E-state index contributed by atoms with van der Waals surface area (Å²) in [6, 6.07) is 20.8. The number of methoxy groups -OCH3 is 1. The zero-order chi connectivity index (χ0) is 23.1. The SMILES string of the molecule is CCNC(=O)C1(Cc2ccccc2-c2ccncc2)CCN(Cc2ccc(OC)cc2)CC1. The van der Waals surface area contributed by atoms with Crippen LogP contribution in [0.2, 0.25) is 0 Å². The molecule has 0 bridgehead atoms. The number of ether oxygens (including phenoxy) is 1. The summed E-state index contributed by atoms with van der Waals surface area (Å²) >= 11 is 0. The van der Waals surface area contributed by atoms with Crippen molar-refractivity contribution in [3.63, 3.8) is 0 Å². The lowest BCUT2D eigenvalue weighted by molar-refractivity contribution is -0.134. The number of aromatic nitrogens is 1. The molecule has 1 aliphatic rings. The first kappa shape index (κ1) is 23.0. The van der Waals surface area contributed by atoms with E-state index in [-0.39, 0.29) is 5.91 Å². The number of benzene rings is 2. The van der Waals surface area contributed by atoms with E-state index in [2.05, 4.69) is 51.6 Å². The van der Waals surface area contributed by atoms with E-state index in [4.69, 9.17) is 4.74 Å². The van der Waals surface area contributed by atoms with E-state index in [1.807, 2.05) is 43.6 Å². The van der Waals surface area contributed by atoms with Crippen molar-refractivity contribution in [3.05, 3.63) is 84.2 Å². The maximum Gasteiger partial charge on any atom is 0.226 e. The molecule has 1 N–H and O–H groups in total. The lowest BCUT2D eigenvalue weighted by Crippen LogP contribution is -2.49. The monoisotopic (exact) mass is 443 g/mol. The summed E-state index contributed by atoms with van der Waals surface area (Å²) in [6.07, 6.45) is 6.08. The number of hydrogen-bond donors (Lipinski definition) is 1. The zero-order valence-corrected chi connectivity index (χ0v) is 19.6. The highest BCUT2D eigenvalue weighted by Gasteiger charge is 2.41. The van der Waals surface area contributed by atoms with Crippen molar-refractivity contribution in [2.45, 2.75) is 32.7 Å². The fourth-order valence-electron chi connectivity index (χ4n) is 4.81. The smallest absolute Gasteiger partial charge is 0.226 e. The number of pyridine rings is 1. The van der Waals surface area contributed by atoms with E-state index < -0.39 is 5.41 Å². The van der Waals surface area contributed by atoms with Crippen LogP contribution in [0.4, 0.5) is 0 Å². The molecular formula is C28H33N3O2. The van der Waals surface area contributed by atoms with Gasteiger partial charge in [0, 0.05) is 25.5 Å². The van der Waals surface area contributed by atoms with E-state index in [0.717, 1.165) is 50.2 Å². The molecular weight excluding hydrogens is 410 g/mol. The quantitative estimate of drug-likeness (QED) is 0.547. The van der Waals surface area contributed by atoms with Crippen molar-refractivity contribution in [2.75, 3.05) is 26.7 Å². The third-order valence-electron chi connectivity index (χ3n) is 6.73. The second-order valence-corrected chi connectivity index (χ2v) is 8.83. The minimum absolute atomic E-state index is 0.179. The van der Waals surface area contributed by atoms with Gasteiger partial charge in [0.25, 0.3) is 0 Å². The Morgan fingerprint density at radius 1 is 1.03 bits per heavy atom. The highest BCUT2D eigenvalue weighted by atomic mass is 16.5. The lowest BCUT2D eigenvalue weighted by Gasteiger charge is -2.41. The molecule has 0 atom stereocenters. The van der Waals surface area contributed by atoms with Gasteiger partial charge in [-0.15, -0.1) is 0 Å². The van der Waals surface area contributed by atoms with E-state index in [9.17, 15) is 4.79 Å². The molecule has 2 heterocycles. The Morgan fingerprint density at radius 2 is 1.73 bits per heavy atom. The third-order valence-corrected chi connectivity index (χ3v) is 6.73. The van der Waals surface area contributed by atoms with Gasteiger partial charge in [0.15, 0.2) is 0 Å². The molecule has 0 saturated carbocycles. The second kappa shape index (κ2) is 10.6. The Labute approximate surface area is 196 Å². The number of piperidine rings is 1. The minimum atomic E-state index is -0.393. The molecule has 5 heteroatoms. The van der Waals surface area contributed by atoms with Crippen molar-refractivity contribution in [2.24, 2.45) is 5.41 Å². The summed E-state index contributed by atoms with van der Waals surface area (Å²) in [5.74, 6) is 1.05. The van der Waals surface area contributed by atoms with Crippen LogP contribution in [0, 0.1) is 5.41 Å². The van der Waals surface area contributed by atoms with Crippen molar-refractivity contribution >= 4 is 5.91 Å². The van der Waals surface area contributed by atoms with Crippen LogP contribution in [0.1, 0.15) is 30.9 Å². The van der Waals surface area contributed by atoms with Gasteiger partial charge >= 0.3 is 0 Å². The van der Waals surface area contributed by atoms with Gasteiger partial charge in [-0.05, 0) is 85.8 Å². The fraction of sp³-hybridized carbons (Fsp3) is 0.357. The van der Waals surface area contributed by atoms with Crippen LogP contribution in [-0.4, -0.2) is 42.5 Å². The summed E-state index contributed by atoms with van der Waals surface area (Å²) in [5.41, 5.74) is 4.42. The molecule has 0 unspecified atom stereocenters. The normalized spacial score (nSPS) is 15.7. The van der Waals surface area contributed by atoms with E-state index in [0.29, 0.717) is 6.54 Å². The van der Waals surface area contributed by atoms with Crippen LogP contribution in [-0.2, 0) is 17.8 Å². The summed E-state index contributed by atoms with van der Waals surface area (Å²) in [6.45, 7) is 5.35. The third kappa shape index (κ3) is 5.42. The number of rotatable bonds is 8. The lowest BCUT2D eigenvalue weighted by atomic mass is 9.72. The molecule has 5 nitrogen and oxygen atoms in total. The molecule has 4 rings (SSSR count). The van der Waals surface area contributed by atoms with Gasteiger partial charge < -0.3 is 10.1 Å². The standard InChI is InChI=1S/C28H33N3O2/c1-3-30-27(32)28(20-24-6-4-5-7-26(24)23-12-16-29-17-13-23)14-18-31(19-15-28)21-22-8-10-25(33-2)11-9-22/h4-13,16-17H,3,14-15,18-21H2,1-2H3,(H,30,32). The second-order valence-electron chi connectivity index (χ2n) is 8.83. The Hall–Kier alpha value is -3.18. The van der Waals surface area contributed by atoms with E-state index in [1.165, 1.54) is 16.7 Å². The van der Waals surface area contributed by atoms with Crippen LogP contribution in [0.25, 0.3) is 11.1 Å². The number of likely N-dealkylation sites (tertiary alicyclic amines) is 1. The molecule has 2 aromatic carbocycles.